The third kappa shape index (κ3) is 6.54. The van der Waals surface area contributed by atoms with Crippen molar-refractivity contribution in [2.75, 3.05) is 25.1 Å². The molecule has 0 radical (unpaired) electrons. The van der Waals surface area contributed by atoms with Crippen LogP contribution in [0.5, 0.6) is 0 Å². The molecule has 1 aliphatic rings. The largest absolute Gasteiger partial charge is 0.354 e. The van der Waals surface area contributed by atoms with Crippen LogP contribution < -0.4 is 10.6 Å². The van der Waals surface area contributed by atoms with Crippen LogP contribution in [0.2, 0.25) is 0 Å². The molecule has 10 nitrogen and oxygen atoms in total. The Kier molecular flexibility index (Phi) is 8.28. The number of carbonyl (C=O) groups excluding carboxylic acids is 1. The summed E-state index contributed by atoms with van der Waals surface area (Å²) < 4.78 is 38.8. The van der Waals surface area contributed by atoms with Crippen molar-refractivity contribution in [2.24, 2.45) is 5.41 Å². The third-order valence-corrected chi connectivity index (χ3v) is 6.52. The molecule has 0 saturated carbocycles. The molecule has 5 rings (SSSR count). The number of nitrogens with one attached hydrogen (secondary N) is 3. The van der Waals surface area contributed by atoms with Crippen molar-refractivity contribution in [1.82, 2.24) is 25.3 Å². The van der Waals surface area contributed by atoms with Crippen molar-refractivity contribution in [2.45, 2.75) is 26.2 Å². The second kappa shape index (κ2) is 12.2. The zero-order chi connectivity index (χ0) is 28.8. The summed E-state index contributed by atoms with van der Waals surface area (Å²) in [7, 11) is 0. The van der Waals surface area contributed by atoms with Crippen molar-refractivity contribution in [3.8, 4) is 28.7 Å². The van der Waals surface area contributed by atoms with Crippen LogP contribution in [0.3, 0.4) is 0 Å². The smallest absolute Gasteiger partial charge is 0.230 e. The standard InChI is InChI=1S/C29H27F2N7O3/c1-29(27(39)33-13-2-12-32)16-40-26(41-17-29)25-37-23(19-5-9-21(31)10-6-19)24(38-25)22-11-14-34-28(36-22)35-15-18-3-7-20(30)8-4-18/h3-11,14,26H,2,13,15-17H2,1H3,(H,33,39)(H,37,38)(H,34,35,36). The quantitative estimate of drug-likeness (QED) is 0.255. The normalized spacial score (nSPS) is 18.4. The van der Waals surface area contributed by atoms with Crippen LogP contribution in [-0.2, 0) is 20.8 Å². The predicted molar refractivity (Wildman–Crippen MR) is 145 cm³/mol. The molecule has 210 valence electrons. The van der Waals surface area contributed by atoms with Crippen molar-refractivity contribution >= 4 is 11.9 Å². The minimum atomic E-state index is -0.932. The highest BCUT2D eigenvalue weighted by Crippen LogP contribution is 2.35. The van der Waals surface area contributed by atoms with E-state index in [-0.39, 0.29) is 43.7 Å². The van der Waals surface area contributed by atoms with E-state index < -0.39 is 11.7 Å². The molecule has 2 aromatic carbocycles. The Morgan fingerprint density at radius 3 is 2.44 bits per heavy atom. The van der Waals surface area contributed by atoms with E-state index in [1.165, 1.54) is 24.3 Å². The minimum absolute atomic E-state index is 0.0724. The number of amides is 1. The number of ether oxygens (including phenoxy) is 2. The molecule has 0 spiro atoms. The average Bonchev–Trinajstić information content (AvgIpc) is 3.43. The van der Waals surface area contributed by atoms with E-state index in [2.05, 4.69) is 25.6 Å². The lowest BCUT2D eigenvalue weighted by Crippen LogP contribution is -2.48. The number of rotatable bonds is 9. The molecule has 0 atom stereocenters. The summed E-state index contributed by atoms with van der Waals surface area (Å²) in [6.45, 7) is 2.50. The number of hydrogen-bond donors (Lipinski definition) is 3. The topological polar surface area (TPSA) is 138 Å². The maximum Gasteiger partial charge on any atom is 0.230 e. The summed E-state index contributed by atoms with van der Waals surface area (Å²) in [4.78, 5) is 29.5. The van der Waals surface area contributed by atoms with Crippen LogP contribution in [0, 0.1) is 28.4 Å². The molecule has 1 amide bonds. The second-order valence-corrected chi connectivity index (χ2v) is 9.78. The molecule has 12 heteroatoms. The summed E-state index contributed by atoms with van der Waals surface area (Å²) in [6, 6.07) is 15.7. The number of aromatic amines is 1. The molecule has 3 heterocycles. The van der Waals surface area contributed by atoms with Crippen LogP contribution in [0.15, 0.2) is 60.8 Å². The summed E-state index contributed by atoms with van der Waals surface area (Å²) in [5.74, 6) is -0.265. The van der Waals surface area contributed by atoms with Crippen LogP contribution in [0.25, 0.3) is 22.6 Å². The van der Waals surface area contributed by atoms with Crippen molar-refractivity contribution in [3.05, 3.63) is 83.8 Å². The highest BCUT2D eigenvalue weighted by Gasteiger charge is 2.40. The lowest BCUT2D eigenvalue weighted by molar-refractivity contribution is -0.231. The maximum absolute atomic E-state index is 13.7. The Labute approximate surface area is 234 Å². The summed E-state index contributed by atoms with van der Waals surface area (Å²) in [5.41, 5.74) is 2.11. The molecular weight excluding hydrogens is 532 g/mol. The number of benzene rings is 2. The zero-order valence-corrected chi connectivity index (χ0v) is 22.2. The van der Waals surface area contributed by atoms with E-state index in [0.29, 0.717) is 41.0 Å². The zero-order valence-electron chi connectivity index (χ0n) is 22.2. The van der Waals surface area contributed by atoms with Gasteiger partial charge in [0.25, 0.3) is 0 Å². The molecule has 41 heavy (non-hydrogen) atoms. The molecule has 1 saturated heterocycles. The highest BCUT2D eigenvalue weighted by atomic mass is 19.1. The molecule has 1 fully saturated rings. The number of halogens is 2. The van der Waals surface area contributed by atoms with Gasteiger partial charge in [-0.15, -0.1) is 0 Å². The Morgan fingerprint density at radius 2 is 1.76 bits per heavy atom. The Bertz CT molecular complexity index is 1540. The molecule has 0 bridgehead atoms. The van der Waals surface area contributed by atoms with Crippen LogP contribution >= 0.6 is 0 Å². The van der Waals surface area contributed by atoms with E-state index in [0.717, 1.165) is 5.56 Å². The lowest BCUT2D eigenvalue weighted by Gasteiger charge is -2.35. The molecule has 1 aliphatic heterocycles. The first-order valence-corrected chi connectivity index (χ1v) is 12.9. The van der Waals surface area contributed by atoms with Crippen molar-refractivity contribution in [3.63, 3.8) is 0 Å². The Hall–Kier alpha value is -4.73. The van der Waals surface area contributed by atoms with E-state index >= 15 is 0 Å². The Morgan fingerprint density at radius 1 is 1.07 bits per heavy atom. The van der Waals surface area contributed by atoms with Gasteiger partial charge < -0.3 is 25.1 Å². The van der Waals surface area contributed by atoms with Crippen LogP contribution in [-0.4, -0.2) is 45.6 Å². The first kappa shape index (κ1) is 27.8. The van der Waals surface area contributed by atoms with Gasteiger partial charge in [-0.1, -0.05) is 12.1 Å². The molecule has 0 unspecified atom stereocenters. The molecular formula is C29H27F2N7O3. The van der Waals surface area contributed by atoms with Gasteiger partial charge in [-0.2, -0.15) is 5.26 Å². The minimum Gasteiger partial charge on any atom is -0.354 e. The molecule has 3 N–H and O–H groups in total. The van der Waals surface area contributed by atoms with Gasteiger partial charge in [0.05, 0.1) is 48.2 Å². The first-order valence-electron chi connectivity index (χ1n) is 12.9. The number of carbonyl (C=O) groups is 1. The van der Waals surface area contributed by atoms with Gasteiger partial charge in [0, 0.05) is 24.8 Å². The van der Waals surface area contributed by atoms with E-state index in [1.807, 2.05) is 6.07 Å². The molecule has 4 aromatic rings. The SMILES string of the molecule is CC1(C(=O)NCCC#N)COC(c2nc(-c3ccc(F)cc3)c(-c3ccnc(NCc4ccc(F)cc4)n3)[nH]2)OC1. The molecule has 2 aromatic heterocycles. The van der Waals surface area contributed by atoms with Gasteiger partial charge in [-0.05, 0) is 55.0 Å². The van der Waals surface area contributed by atoms with Gasteiger partial charge >= 0.3 is 0 Å². The van der Waals surface area contributed by atoms with Gasteiger partial charge in [-0.25, -0.2) is 23.7 Å². The average molecular weight is 560 g/mol. The van der Waals surface area contributed by atoms with Crippen molar-refractivity contribution < 1.29 is 23.0 Å². The summed E-state index contributed by atoms with van der Waals surface area (Å²) in [5, 5.41) is 14.6. The number of imidazole rings is 1. The van der Waals surface area contributed by atoms with E-state index in [1.54, 1.807) is 43.5 Å². The van der Waals surface area contributed by atoms with Gasteiger partial charge in [0.2, 0.25) is 18.1 Å². The van der Waals surface area contributed by atoms with Crippen LogP contribution in [0.1, 0.15) is 31.0 Å². The lowest BCUT2D eigenvalue weighted by atomic mass is 9.91. The summed E-state index contributed by atoms with van der Waals surface area (Å²) >= 11 is 0. The summed E-state index contributed by atoms with van der Waals surface area (Å²) in [6.07, 6.45) is 0.912. The maximum atomic E-state index is 13.7. The fourth-order valence-corrected chi connectivity index (χ4v) is 4.21. The number of anilines is 1. The number of hydrogen-bond acceptors (Lipinski definition) is 8. The van der Waals surface area contributed by atoms with E-state index in [4.69, 9.17) is 19.7 Å². The fraction of sp³-hybridized carbons (Fsp3) is 0.276. The van der Waals surface area contributed by atoms with E-state index in [9.17, 15) is 13.6 Å². The van der Waals surface area contributed by atoms with Gasteiger partial charge in [0.15, 0.2) is 5.82 Å². The number of nitriles is 1. The highest BCUT2D eigenvalue weighted by molar-refractivity contribution is 5.82. The van der Waals surface area contributed by atoms with Crippen molar-refractivity contribution in [1.29, 1.82) is 5.26 Å². The monoisotopic (exact) mass is 559 g/mol. The number of nitrogens with zero attached hydrogens (tertiary/aromatic N) is 4. The fourth-order valence-electron chi connectivity index (χ4n) is 4.21. The molecule has 0 aliphatic carbocycles. The van der Waals surface area contributed by atoms with Gasteiger partial charge in [-0.3, -0.25) is 4.79 Å². The Balaban J connectivity index is 1.38. The number of H-pyrrole nitrogens is 1. The van der Waals surface area contributed by atoms with Gasteiger partial charge in [0.1, 0.15) is 11.6 Å². The number of aromatic nitrogens is 4. The van der Waals surface area contributed by atoms with Crippen LogP contribution in [0.4, 0.5) is 14.7 Å². The third-order valence-electron chi connectivity index (χ3n) is 6.52. The predicted octanol–water partition coefficient (Wildman–Crippen LogP) is 4.51. The second-order valence-electron chi connectivity index (χ2n) is 9.78. The first-order chi connectivity index (χ1) is 19.8.